The number of azo groups is 2. The van der Waals surface area contributed by atoms with E-state index in [0.29, 0.717) is 33.5 Å². The Hall–Kier alpha value is -4.41. The Morgan fingerprint density at radius 2 is 1.33 bits per heavy atom. The van der Waals surface area contributed by atoms with Crippen molar-refractivity contribution < 1.29 is 13.0 Å². The van der Waals surface area contributed by atoms with Crippen molar-refractivity contribution in [1.29, 1.82) is 0 Å². The lowest BCUT2D eigenvalue weighted by molar-refractivity contribution is 0.483. The molecule has 0 saturated heterocycles. The molecule has 2 radical (unpaired) electrons. The molecular formula is C32H32BN5O3S. The summed E-state index contributed by atoms with van der Waals surface area (Å²) in [6.45, 7) is 8.09. The lowest BCUT2D eigenvalue weighted by atomic mass is 10.1. The standard InChI is InChI=1S/C29H24BN5O3S.C3H8/c1-18-15-29(35(3)30)19(2)14-28(18)34-33-27-13-12-26(24-11-10-23(17-25(24)27)39(36,37)38)32-31-22-9-8-20-6-4-5-7-21(20)16-22;1-3-2/h4-17H,1-3H3,(H,36,37,38);3H2,1-2H3. The first-order chi connectivity index (χ1) is 20.0. The molecule has 5 rings (SSSR count). The van der Waals surface area contributed by atoms with Crippen LogP contribution in [-0.4, -0.2) is 28.0 Å². The van der Waals surface area contributed by atoms with Crippen LogP contribution in [0.3, 0.4) is 0 Å². The number of anilines is 1. The molecule has 8 nitrogen and oxygen atoms in total. The van der Waals surface area contributed by atoms with Crippen LogP contribution in [0.1, 0.15) is 31.4 Å². The SMILES string of the molecule is CCC.[B]N(C)c1cc(C)c(N=Nc2ccc(N=Nc3ccc4ccccc4c3)c3ccc(S(=O)(=O)O)cc23)cc1C. The second-order valence-corrected chi connectivity index (χ2v) is 11.4. The summed E-state index contributed by atoms with van der Waals surface area (Å²) in [4.78, 5) is 1.29. The average Bonchev–Trinajstić information content (AvgIpc) is 2.96. The van der Waals surface area contributed by atoms with E-state index in [-0.39, 0.29) is 4.90 Å². The molecule has 0 bridgehead atoms. The van der Waals surface area contributed by atoms with Gasteiger partial charge < -0.3 is 4.81 Å². The van der Waals surface area contributed by atoms with Crippen molar-refractivity contribution in [2.24, 2.45) is 20.5 Å². The Morgan fingerprint density at radius 3 is 2.00 bits per heavy atom. The summed E-state index contributed by atoms with van der Waals surface area (Å²) < 4.78 is 33.4. The highest BCUT2D eigenvalue weighted by atomic mass is 32.2. The molecule has 0 atom stereocenters. The van der Waals surface area contributed by atoms with Crippen LogP contribution in [0, 0.1) is 13.8 Å². The van der Waals surface area contributed by atoms with Gasteiger partial charge in [-0.25, -0.2) is 0 Å². The highest BCUT2D eigenvalue weighted by Gasteiger charge is 2.14. The summed E-state index contributed by atoms with van der Waals surface area (Å²) in [6.07, 6.45) is 1.25. The van der Waals surface area contributed by atoms with E-state index < -0.39 is 10.1 Å². The van der Waals surface area contributed by atoms with Crippen molar-refractivity contribution >= 4 is 68.1 Å². The summed E-state index contributed by atoms with van der Waals surface area (Å²) in [7, 11) is 3.23. The molecule has 0 aliphatic rings. The second kappa shape index (κ2) is 13.1. The molecule has 0 spiro atoms. The summed E-state index contributed by atoms with van der Waals surface area (Å²) >= 11 is 0. The maximum atomic E-state index is 11.9. The summed E-state index contributed by atoms with van der Waals surface area (Å²) in [5, 5.41) is 20.9. The van der Waals surface area contributed by atoms with Crippen LogP contribution in [0.2, 0.25) is 0 Å². The lowest BCUT2D eigenvalue weighted by Gasteiger charge is -2.17. The van der Waals surface area contributed by atoms with Gasteiger partial charge in [0.15, 0.2) is 0 Å². The van der Waals surface area contributed by atoms with Gasteiger partial charge in [-0.05, 0) is 91.3 Å². The molecule has 42 heavy (non-hydrogen) atoms. The number of aryl methyl sites for hydroxylation is 2. The Balaban J connectivity index is 0.00000129. The largest absolute Gasteiger partial charge is 0.427 e. The summed E-state index contributed by atoms with van der Waals surface area (Å²) in [6, 6.07) is 25.3. The molecule has 1 N–H and O–H groups in total. The van der Waals surface area contributed by atoms with Crippen molar-refractivity contribution in [2.45, 2.75) is 39.0 Å². The van der Waals surface area contributed by atoms with E-state index in [4.69, 9.17) is 7.98 Å². The fraction of sp³-hybridized carbons (Fsp3) is 0.188. The van der Waals surface area contributed by atoms with Crippen LogP contribution in [0.5, 0.6) is 0 Å². The Labute approximate surface area is 248 Å². The number of nitrogens with zero attached hydrogens (tertiary/aromatic N) is 5. The molecule has 5 aromatic rings. The number of hydrogen-bond donors (Lipinski definition) is 1. The molecule has 212 valence electrons. The van der Waals surface area contributed by atoms with Gasteiger partial charge in [-0.3, -0.25) is 4.55 Å². The Kier molecular flexibility index (Phi) is 9.50. The first-order valence-electron chi connectivity index (χ1n) is 13.5. The van der Waals surface area contributed by atoms with E-state index in [0.717, 1.165) is 27.6 Å². The van der Waals surface area contributed by atoms with E-state index in [2.05, 4.69) is 34.3 Å². The first kappa shape index (κ1) is 30.6. The number of fused-ring (bicyclic) bond motifs is 2. The average molecular weight is 578 g/mol. The third kappa shape index (κ3) is 7.08. The molecule has 0 unspecified atom stereocenters. The first-order valence-corrected chi connectivity index (χ1v) is 14.9. The van der Waals surface area contributed by atoms with Crippen LogP contribution in [0.15, 0.2) is 110 Å². The third-order valence-corrected chi connectivity index (χ3v) is 7.26. The zero-order valence-electron chi connectivity index (χ0n) is 24.3. The van der Waals surface area contributed by atoms with Crippen LogP contribution < -0.4 is 4.81 Å². The zero-order valence-corrected chi connectivity index (χ0v) is 25.1. The smallest absolute Gasteiger partial charge is 0.294 e. The quantitative estimate of drug-likeness (QED) is 0.123. The number of rotatable bonds is 6. The fourth-order valence-corrected chi connectivity index (χ4v) is 4.87. The van der Waals surface area contributed by atoms with Gasteiger partial charge in [-0.2, -0.15) is 18.6 Å². The van der Waals surface area contributed by atoms with Crippen molar-refractivity contribution in [1.82, 2.24) is 0 Å². The van der Waals surface area contributed by atoms with Gasteiger partial charge in [0.25, 0.3) is 10.1 Å². The molecule has 10 heteroatoms. The molecule has 0 aliphatic heterocycles. The normalized spacial score (nSPS) is 11.8. The minimum absolute atomic E-state index is 0.252. The van der Waals surface area contributed by atoms with E-state index in [1.165, 1.54) is 18.6 Å². The molecule has 0 aliphatic carbocycles. The van der Waals surface area contributed by atoms with Crippen molar-refractivity contribution in [3.05, 3.63) is 96.1 Å². The summed E-state index contributed by atoms with van der Waals surface area (Å²) in [5.41, 5.74) is 4.94. The maximum Gasteiger partial charge on any atom is 0.294 e. The number of benzene rings is 5. The molecule has 0 amide bonds. The van der Waals surface area contributed by atoms with E-state index >= 15 is 0 Å². The van der Waals surface area contributed by atoms with Crippen LogP contribution in [0.25, 0.3) is 21.5 Å². The topological polar surface area (TPSA) is 107 Å². The van der Waals surface area contributed by atoms with Gasteiger partial charge in [0.05, 0.1) is 27.6 Å². The second-order valence-electron chi connectivity index (χ2n) is 9.96. The predicted octanol–water partition coefficient (Wildman–Crippen LogP) is 9.62. The van der Waals surface area contributed by atoms with Crippen molar-refractivity contribution in [3.63, 3.8) is 0 Å². The molecular weight excluding hydrogens is 545 g/mol. The van der Waals surface area contributed by atoms with Crippen LogP contribution in [0.4, 0.5) is 28.4 Å². The van der Waals surface area contributed by atoms with Gasteiger partial charge in [0, 0.05) is 16.5 Å². The third-order valence-electron chi connectivity index (χ3n) is 6.41. The van der Waals surface area contributed by atoms with Crippen LogP contribution >= 0.6 is 0 Å². The van der Waals surface area contributed by atoms with Gasteiger partial charge >= 0.3 is 0 Å². The van der Waals surface area contributed by atoms with Gasteiger partial charge in [0.2, 0.25) is 7.98 Å². The minimum atomic E-state index is -4.44. The lowest BCUT2D eigenvalue weighted by Crippen LogP contribution is -2.12. The maximum absolute atomic E-state index is 11.9. The van der Waals surface area contributed by atoms with E-state index in [1.54, 1.807) is 30.1 Å². The highest BCUT2D eigenvalue weighted by Crippen LogP contribution is 2.37. The molecule has 0 saturated carbocycles. The Morgan fingerprint density at radius 1 is 0.714 bits per heavy atom. The number of hydrogen-bond acceptors (Lipinski definition) is 7. The Bertz CT molecular complexity index is 1920. The monoisotopic (exact) mass is 577 g/mol. The van der Waals surface area contributed by atoms with Gasteiger partial charge in [-0.15, -0.1) is 10.2 Å². The van der Waals surface area contributed by atoms with Crippen molar-refractivity contribution in [2.75, 3.05) is 11.9 Å². The minimum Gasteiger partial charge on any atom is -0.427 e. The van der Waals surface area contributed by atoms with E-state index in [9.17, 15) is 13.0 Å². The fourth-order valence-electron chi connectivity index (χ4n) is 4.36. The van der Waals surface area contributed by atoms with Crippen LogP contribution in [-0.2, 0) is 10.1 Å². The molecule has 0 heterocycles. The highest BCUT2D eigenvalue weighted by molar-refractivity contribution is 7.85. The molecule has 5 aromatic carbocycles. The van der Waals surface area contributed by atoms with E-state index in [1.807, 2.05) is 68.4 Å². The predicted molar refractivity (Wildman–Crippen MR) is 172 cm³/mol. The van der Waals surface area contributed by atoms with Gasteiger partial charge in [-0.1, -0.05) is 56.7 Å². The van der Waals surface area contributed by atoms with Crippen molar-refractivity contribution in [3.8, 4) is 0 Å². The zero-order chi connectivity index (χ0) is 30.4. The van der Waals surface area contributed by atoms with Gasteiger partial charge in [0.1, 0.15) is 0 Å². The summed E-state index contributed by atoms with van der Waals surface area (Å²) in [5.74, 6) is 0. The molecule has 0 aromatic heterocycles. The molecule has 0 fully saturated rings.